The van der Waals surface area contributed by atoms with Crippen LogP contribution in [0.25, 0.3) is 0 Å². The molecule has 2 N–H and O–H groups in total. The second-order valence-corrected chi connectivity index (χ2v) is 2.05. The molecule has 0 bridgehead atoms. The lowest BCUT2D eigenvalue weighted by Crippen LogP contribution is -2.29. The summed E-state index contributed by atoms with van der Waals surface area (Å²) < 4.78 is 0. The third kappa shape index (κ3) is 0.632. The zero-order chi connectivity index (χ0) is 6.97. The van der Waals surface area contributed by atoms with Gasteiger partial charge in [-0.15, -0.1) is 0 Å². The number of hydrogen-bond donors (Lipinski definition) is 2. The predicted octanol–water partition coefficient (Wildman–Crippen LogP) is 0.836. The Bertz CT molecular complexity index is 251. The van der Waals surface area contributed by atoms with E-state index in [1.54, 1.807) is 6.07 Å². The van der Waals surface area contributed by atoms with Crippen LogP contribution in [0.5, 0.6) is 0 Å². The van der Waals surface area contributed by atoms with E-state index in [4.69, 9.17) is 0 Å². The Balaban J connectivity index is 2.51. The molecule has 0 atom stereocenters. The number of nitrogens with one attached hydrogen (secondary N) is 2. The maximum absolute atomic E-state index is 10.8. The summed E-state index contributed by atoms with van der Waals surface area (Å²) in [6.45, 7) is 0. The van der Waals surface area contributed by atoms with Crippen molar-refractivity contribution in [2.75, 3.05) is 10.6 Å². The van der Waals surface area contributed by atoms with Crippen molar-refractivity contribution in [3.05, 3.63) is 29.5 Å². The molecule has 0 saturated carbocycles. The lowest BCUT2D eigenvalue weighted by molar-refractivity contribution is 0.860. The van der Waals surface area contributed by atoms with E-state index in [1.165, 1.54) is 0 Å². The van der Waals surface area contributed by atoms with E-state index >= 15 is 0 Å². The number of nitrogens with zero attached hydrogens (tertiary/aromatic N) is 1. The van der Waals surface area contributed by atoms with E-state index in [1.807, 2.05) is 18.2 Å². The molecule has 1 heterocycles. The van der Waals surface area contributed by atoms with E-state index in [2.05, 4.69) is 11.0 Å². The maximum Gasteiger partial charge on any atom is 0.0744 e. The molecule has 0 saturated heterocycles. The lowest BCUT2D eigenvalue weighted by atomic mass is 10.3. The van der Waals surface area contributed by atoms with E-state index < -0.39 is 0 Å². The minimum atomic E-state index is 0.627. The number of fused-ring (bicyclic) bond motifs is 1. The number of anilines is 2. The second-order valence-electron chi connectivity index (χ2n) is 2.05. The summed E-state index contributed by atoms with van der Waals surface area (Å²) in [5.74, 6) is 0. The van der Waals surface area contributed by atoms with Crippen molar-refractivity contribution in [1.82, 2.24) is 5.53 Å². The lowest BCUT2D eigenvalue weighted by Gasteiger charge is -2.22. The highest BCUT2D eigenvalue weighted by molar-refractivity contribution is 5.72. The van der Waals surface area contributed by atoms with Gasteiger partial charge in [0.15, 0.2) is 0 Å². The topological polar surface area (TPSA) is 50.4 Å². The molecule has 0 radical (unpaired) electrons. The maximum atomic E-state index is 10.8. The fourth-order valence-corrected chi connectivity index (χ4v) is 0.928. The average Bonchev–Trinajstić information content (AvgIpc) is 2.34. The molecule has 0 aliphatic carbocycles. The van der Waals surface area contributed by atoms with E-state index in [0.29, 0.717) is 10.9 Å². The Kier molecular flexibility index (Phi) is 1.03. The van der Waals surface area contributed by atoms with Gasteiger partial charge in [-0.25, -0.2) is 0 Å². The predicted molar refractivity (Wildman–Crippen MR) is 39.0 cm³/mol. The van der Waals surface area contributed by atoms with Gasteiger partial charge in [-0.1, -0.05) is 12.1 Å². The first-order valence-corrected chi connectivity index (χ1v) is 2.96. The summed E-state index contributed by atoms with van der Waals surface area (Å²) in [7, 11) is 0. The molecule has 0 amide bonds. The van der Waals surface area contributed by atoms with Gasteiger partial charge in [-0.3, -0.25) is 0 Å². The zero-order valence-electron chi connectivity index (χ0n) is 5.16. The summed E-state index contributed by atoms with van der Waals surface area (Å²) in [5.41, 5.74) is 6.57. The Morgan fingerprint density at radius 1 is 1.30 bits per heavy atom. The van der Waals surface area contributed by atoms with Crippen LogP contribution in [0.3, 0.4) is 0 Å². The normalized spacial score (nSPS) is 14.7. The molecule has 1 aromatic rings. The van der Waals surface area contributed by atoms with Gasteiger partial charge in [0.1, 0.15) is 0 Å². The van der Waals surface area contributed by atoms with Crippen LogP contribution in [0, 0.1) is 5.21 Å². The van der Waals surface area contributed by atoms with Gasteiger partial charge in [0.2, 0.25) is 0 Å². The molecule has 1 aliphatic heterocycles. The van der Waals surface area contributed by atoms with Gasteiger partial charge in [-0.2, -0.15) is 5.53 Å². The second kappa shape index (κ2) is 1.86. The van der Waals surface area contributed by atoms with Crippen molar-refractivity contribution in [1.29, 1.82) is 0 Å². The third-order valence-corrected chi connectivity index (χ3v) is 1.41. The summed E-state index contributed by atoms with van der Waals surface area (Å²) >= 11 is 0. The van der Waals surface area contributed by atoms with Crippen LogP contribution in [0.4, 0.5) is 11.4 Å². The summed E-state index contributed by atoms with van der Waals surface area (Å²) in [5, 5.41) is 11.5. The minimum Gasteiger partial charge on any atom is -0.742 e. The standard InChI is InChI=1S/C6H6N3O/c10-9-6-4-2-1-3-5(6)7-8-9/h1-4,7-8H/q-1. The van der Waals surface area contributed by atoms with Gasteiger partial charge >= 0.3 is 0 Å². The number of benzene rings is 1. The van der Waals surface area contributed by atoms with Crippen molar-refractivity contribution < 1.29 is 0 Å². The molecular weight excluding hydrogens is 130 g/mol. The zero-order valence-corrected chi connectivity index (χ0v) is 5.16. The quantitative estimate of drug-likeness (QED) is 0.554. The number of rotatable bonds is 0. The highest BCUT2D eigenvalue weighted by Crippen LogP contribution is 2.26. The van der Waals surface area contributed by atoms with Crippen LogP contribution in [-0.4, -0.2) is 0 Å². The van der Waals surface area contributed by atoms with Crippen LogP contribution in [-0.2, 0) is 0 Å². The highest BCUT2D eigenvalue weighted by atomic mass is 16.6. The van der Waals surface area contributed by atoms with Crippen LogP contribution in [0.1, 0.15) is 0 Å². The molecular formula is C6H6N3O-. The van der Waals surface area contributed by atoms with E-state index in [0.717, 1.165) is 5.69 Å². The molecule has 0 fully saturated rings. The monoisotopic (exact) mass is 136 g/mol. The number of hydrogen-bond acceptors (Lipinski definition) is 4. The van der Waals surface area contributed by atoms with Gasteiger partial charge in [0.25, 0.3) is 0 Å². The molecule has 0 aromatic heterocycles. The van der Waals surface area contributed by atoms with Crippen LogP contribution >= 0.6 is 0 Å². The van der Waals surface area contributed by atoms with Crippen molar-refractivity contribution in [3.63, 3.8) is 0 Å². The first-order chi connectivity index (χ1) is 4.88. The molecule has 1 aromatic carbocycles. The van der Waals surface area contributed by atoms with Crippen LogP contribution in [0.15, 0.2) is 24.3 Å². The van der Waals surface area contributed by atoms with Gasteiger partial charge in [-0.05, 0) is 12.1 Å². The Morgan fingerprint density at radius 3 is 2.90 bits per heavy atom. The fraction of sp³-hybridized carbons (Fsp3) is 0. The van der Waals surface area contributed by atoms with Crippen molar-refractivity contribution >= 4 is 11.4 Å². The van der Waals surface area contributed by atoms with Crippen molar-refractivity contribution in [3.8, 4) is 0 Å². The van der Waals surface area contributed by atoms with Crippen LogP contribution < -0.4 is 16.1 Å². The first kappa shape index (κ1) is 5.52. The first-order valence-electron chi connectivity index (χ1n) is 2.96. The average molecular weight is 136 g/mol. The van der Waals surface area contributed by atoms with Crippen LogP contribution in [0.2, 0.25) is 0 Å². The van der Waals surface area contributed by atoms with Crippen molar-refractivity contribution in [2.45, 2.75) is 0 Å². The highest BCUT2D eigenvalue weighted by Gasteiger charge is 2.07. The van der Waals surface area contributed by atoms with Crippen molar-refractivity contribution in [2.24, 2.45) is 0 Å². The number of hydrazine groups is 2. The molecule has 1 aliphatic rings. The van der Waals surface area contributed by atoms with E-state index in [-0.39, 0.29) is 0 Å². The minimum absolute atomic E-state index is 0.627. The molecule has 4 nitrogen and oxygen atoms in total. The molecule has 0 spiro atoms. The SMILES string of the molecule is [O-]N1NNc2ccccc21. The third-order valence-electron chi connectivity index (χ3n) is 1.41. The molecule has 10 heavy (non-hydrogen) atoms. The summed E-state index contributed by atoms with van der Waals surface area (Å²) in [6.07, 6.45) is 0. The Labute approximate surface area is 58.0 Å². The van der Waals surface area contributed by atoms with Gasteiger partial charge in [0.05, 0.1) is 11.4 Å². The summed E-state index contributed by atoms with van der Waals surface area (Å²) in [4.78, 5) is 0. The smallest absolute Gasteiger partial charge is 0.0744 e. The molecule has 4 heteroatoms. The summed E-state index contributed by atoms with van der Waals surface area (Å²) in [6, 6.07) is 7.26. The molecule has 0 unspecified atom stereocenters. The Morgan fingerprint density at radius 2 is 2.10 bits per heavy atom. The van der Waals surface area contributed by atoms with Gasteiger partial charge < -0.3 is 15.8 Å². The molecule has 52 valence electrons. The Hall–Kier alpha value is -1.26. The molecule has 2 rings (SSSR count). The number of para-hydroxylation sites is 2. The van der Waals surface area contributed by atoms with E-state index in [9.17, 15) is 5.21 Å². The fourth-order valence-electron chi connectivity index (χ4n) is 0.928. The largest absolute Gasteiger partial charge is 0.742 e. The van der Waals surface area contributed by atoms with Gasteiger partial charge in [0, 0.05) is 0 Å².